The number of hydrogen-bond acceptors (Lipinski definition) is 5. The fourth-order valence-electron chi connectivity index (χ4n) is 3.17. The Bertz CT molecular complexity index is 1250. The third-order valence-electron chi connectivity index (χ3n) is 4.72. The Hall–Kier alpha value is -4.01. The van der Waals surface area contributed by atoms with Gasteiger partial charge in [0, 0.05) is 23.3 Å². The lowest BCUT2D eigenvalue weighted by Gasteiger charge is -2.10. The molecule has 0 fully saturated rings. The number of rotatable bonds is 5. The smallest absolute Gasteiger partial charge is 0.269 e. The number of benzene rings is 1. The van der Waals surface area contributed by atoms with Crippen LogP contribution >= 0.6 is 0 Å². The zero-order valence-corrected chi connectivity index (χ0v) is 16.8. The molecule has 0 aliphatic rings. The van der Waals surface area contributed by atoms with Gasteiger partial charge in [0.05, 0.1) is 23.1 Å². The molecule has 0 atom stereocenters. The molecule has 4 rings (SSSR count). The van der Waals surface area contributed by atoms with Crippen molar-refractivity contribution in [3.8, 4) is 5.69 Å². The largest absolute Gasteiger partial charge is 0.364 e. The molecule has 0 saturated heterocycles. The minimum absolute atomic E-state index is 0.182. The van der Waals surface area contributed by atoms with Crippen LogP contribution in [0, 0.1) is 6.92 Å². The first-order valence-electron chi connectivity index (χ1n) is 9.45. The minimum Gasteiger partial charge on any atom is -0.364 e. The topological polar surface area (TPSA) is 121 Å². The zero-order valence-electron chi connectivity index (χ0n) is 16.8. The maximum atomic E-state index is 12.8. The highest BCUT2D eigenvalue weighted by atomic mass is 16.2. The van der Waals surface area contributed by atoms with Crippen molar-refractivity contribution < 1.29 is 9.59 Å². The molecular weight excluding hydrogens is 382 g/mol. The van der Waals surface area contributed by atoms with Crippen molar-refractivity contribution in [1.82, 2.24) is 24.5 Å². The van der Waals surface area contributed by atoms with E-state index in [4.69, 9.17) is 5.73 Å². The van der Waals surface area contributed by atoms with Crippen LogP contribution < -0.4 is 11.1 Å². The summed E-state index contributed by atoms with van der Waals surface area (Å²) in [5.74, 6) is -0.834. The van der Waals surface area contributed by atoms with Crippen molar-refractivity contribution in [2.45, 2.75) is 26.8 Å². The molecule has 0 unspecified atom stereocenters. The van der Waals surface area contributed by atoms with Crippen molar-refractivity contribution in [3.63, 3.8) is 0 Å². The summed E-state index contributed by atoms with van der Waals surface area (Å²) in [4.78, 5) is 28.6. The van der Waals surface area contributed by atoms with Gasteiger partial charge >= 0.3 is 0 Å². The lowest BCUT2D eigenvalue weighted by atomic mass is 10.1. The number of fused-ring (bicyclic) bond motifs is 1. The van der Waals surface area contributed by atoms with Gasteiger partial charge in [0.2, 0.25) is 0 Å². The Morgan fingerprint density at radius 3 is 2.50 bits per heavy atom. The van der Waals surface area contributed by atoms with Crippen LogP contribution in [-0.2, 0) is 0 Å². The number of aryl methyl sites for hydroxylation is 1. The Morgan fingerprint density at radius 2 is 1.87 bits per heavy atom. The van der Waals surface area contributed by atoms with Gasteiger partial charge in [-0.2, -0.15) is 10.2 Å². The maximum absolute atomic E-state index is 12.8. The van der Waals surface area contributed by atoms with Crippen LogP contribution in [0.15, 0.2) is 48.8 Å². The summed E-state index contributed by atoms with van der Waals surface area (Å²) in [6.07, 6.45) is 3.37. The summed E-state index contributed by atoms with van der Waals surface area (Å²) in [6, 6.07) is 10.6. The molecule has 0 radical (unpaired) electrons. The quantitative estimate of drug-likeness (QED) is 0.531. The molecule has 0 saturated carbocycles. The van der Waals surface area contributed by atoms with E-state index in [2.05, 4.69) is 20.5 Å². The standard InChI is InChI=1S/C21H21N7O2/c1-12(2)28-20-14(11-23-28)10-17(13(3)24-20)21(30)25-15-4-6-16(7-5-15)27-9-8-18(26-27)19(22)29/h4-12H,1-3H3,(H2,22,29)(H,25,30). The van der Waals surface area contributed by atoms with Gasteiger partial charge in [0.15, 0.2) is 5.65 Å². The highest BCUT2D eigenvalue weighted by Gasteiger charge is 2.15. The molecule has 152 valence electrons. The van der Waals surface area contributed by atoms with Crippen LogP contribution in [0.1, 0.15) is 46.4 Å². The first-order valence-corrected chi connectivity index (χ1v) is 9.45. The number of nitrogens with two attached hydrogens (primary N) is 1. The number of pyridine rings is 1. The van der Waals surface area contributed by atoms with E-state index in [1.54, 1.807) is 47.4 Å². The lowest BCUT2D eigenvalue weighted by Crippen LogP contribution is -2.15. The molecular formula is C21H21N7O2. The molecule has 3 N–H and O–H groups in total. The van der Waals surface area contributed by atoms with Crippen molar-refractivity contribution >= 4 is 28.5 Å². The molecule has 3 aromatic heterocycles. The number of amides is 2. The zero-order chi connectivity index (χ0) is 21.4. The van der Waals surface area contributed by atoms with Crippen LogP contribution in [-0.4, -0.2) is 36.4 Å². The van der Waals surface area contributed by atoms with Gasteiger partial charge in [-0.25, -0.2) is 14.3 Å². The van der Waals surface area contributed by atoms with Crippen molar-refractivity contribution in [1.29, 1.82) is 0 Å². The average Bonchev–Trinajstić information content (AvgIpc) is 3.35. The maximum Gasteiger partial charge on any atom is 0.269 e. The predicted octanol–water partition coefficient (Wildman–Crippen LogP) is 2.86. The van der Waals surface area contributed by atoms with E-state index in [-0.39, 0.29) is 17.6 Å². The normalized spacial score (nSPS) is 11.2. The van der Waals surface area contributed by atoms with E-state index in [0.29, 0.717) is 16.9 Å². The van der Waals surface area contributed by atoms with Gasteiger partial charge in [-0.05, 0) is 57.2 Å². The first kappa shape index (κ1) is 19.3. The number of anilines is 1. The summed E-state index contributed by atoms with van der Waals surface area (Å²) in [7, 11) is 0. The number of nitrogens with zero attached hydrogens (tertiary/aromatic N) is 5. The lowest BCUT2D eigenvalue weighted by molar-refractivity contribution is 0.0992. The Morgan fingerprint density at radius 1 is 1.13 bits per heavy atom. The second-order valence-corrected chi connectivity index (χ2v) is 7.23. The highest BCUT2D eigenvalue weighted by molar-refractivity contribution is 6.06. The molecule has 30 heavy (non-hydrogen) atoms. The van der Waals surface area contributed by atoms with Crippen molar-refractivity contribution in [2.24, 2.45) is 5.73 Å². The van der Waals surface area contributed by atoms with E-state index in [0.717, 1.165) is 16.7 Å². The van der Waals surface area contributed by atoms with Crippen LogP contribution in [0.25, 0.3) is 16.7 Å². The number of aromatic nitrogens is 5. The van der Waals surface area contributed by atoms with Crippen LogP contribution in [0.2, 0.25) is 0 Å². The summed E-state index contributed by atoms with van der Waals surface area (Å²) in [5, 5.41) is 12.2. The van der Waals surface area contributed by atoms with Gasteiger partial charge < -0.3 is 11.1 Å². The molecule has 0 aliphatic carbocycles. The first-order chi connectivity index (χ1) is 14.3. The summed E-state index contributed by atoms with van der Waals surface area (Å²) >= 11 is 0. The fourth-order valence-corrected chi connectivity index (χ4v) is 3.17. The molecule has 9 heteroatoms. The van der Waals surface area contributed by atoms with Crippen LogP contribution in [0.4, 0.5) is 5.69 Å². The van der Waals surface area contributed by atoms with Crippen LogP contribution in [0.3, 0.4) is 0 Å². The van der Waals surface area contributed by atoms with Gasteiger partial charge in [-0.3, -0.25) is 9.59 Å². The second kappa shape index (κ2) is 7.43. The van der Waals surface area contributed by atoms with E-state index in [1.807, 2.05) is 31.5 Å². The van der Waals surface area contributed by atoms with Crippen LogP contribution in [0.5, 0.6) is 0 Å². The average molecular weight is 403 g/mol. The number of carbonyl (C=O) groups excluding carboxylic acids is 2. The summed E-state index contributed by atoms with van der Waals surface area (Å²) in [6.45, 7) is 5.88. The molecule has 4 aromatic rings. The highest BCUT2D eigenvalue weighted by Crippen LogP contribution is 2.21. The van der Waals surface area contributed by atoms with E-state index < -0.39 is 5.91 Å². The van der Waals surface area contributed by atoms with E-state index >= 15 is 0 Å². The van der Waals surface area contributed by atoms with Gasteiger partial charge in [0.25, 0.3) is 11.8 Å². The monoisotopic (exact) mass is 403 g/mol. The van der Waals surface area contributed by atoms with Gasteiger partial charge in [0.1, 0.15) is 5.69 Å². The SMILES string of the molecule is Cc1nc2c(cnn2C(C)C)cc1C(=O)Nc1ccc(-n2ccc(C(N)=O)n2)cc1. The fraction of sp³-hybridized carbons (Fsp3) is 0.190. The molecule has 0 bridgehead atoms. The van der Waals surface area contributed by atoms with Crippen molar-refractivity contribution in [2.75, 3.05) is 5.32 Å². The number of primary amides is 1. The third-order valence-corrected chi connectivity index (χ3v) is 4.72. The number of carbonyl (C=O) groups is 2. The number of nitrogens with one attached hydrogen (secondary N) is 1. The Kier molecular flexibility index (Phi) is 4.78. The molecule has 0 aliphatic heterocycles. The number of hydrogen-bond donors (Lipinski definition) is 2. The molecule has 3 heterocycles. The van der Waals surface area contributed by atoms with Crippen molar-refractivity contribution in [3.05, 3.63) is 65.7 Å². The van der Waals surface area contributed by atoms with E-state index in [1.165, 1.54) is 0 Å². The third kappa shape index (κ3) is 3.52. The predicted molar refractivity (Wildman–Crippen MR) is 113 cm³/mol. The molecule has 1 aromatic carbocycles. The van der Waals surface area contributed by atoms with Gasteiger partial charge in [-0.1, -0.05) is 0 Å². The summed E-state index contributed by atoms with van der Waals surface area (Å²) in [5.41, 5.74) is 8.67. The molecule has 9 nitrogen and oxygen atoms in total. The minimum atomic E-state index is -0.586. The second-order valence-electron chi connectivity index (χ2n) is 7.23. The Labute approximate surface area is 172 Å². The van der Waals surface area contributed by atoms with Gasteiger partial charge in [-0.15, -0.1) is 0 Å². The molecule has 2 amide bonds. The summed E-state index contributed by atoms with van der Waals surface area (Å²) < 4.78 is 3.38. The van der Waals surface area contributed by atoms with E-state index in [9.17, 15) is 9.59 Å². The Balaban J connectivity index is 1.55. The molecule has 0 spiro atoms.